The van der Waals surface area contributed by atoms with Crippen LogP contribution in [0.2, 0.25) is 0 Å². The van der Waals surface area contributed by atoms with Gasteiger partial charge in [-0.3, -0.25) is 14.4 Å². The molecule has 0 bridgehead atoms. The van der Waals surface area contributed by atoms with E-state index < -0.39 is 11.8 Å². The van der Waals surface area contributed by atoms with Crippen LogP contribution in [0.5, 0.6) is 0 Å². The molecule has 20 heavy (non-hydrogen) atoms. The third kappa shape index (κ3) is 3.29. The van der Waals surface area contributed by atoms with E-state index in [1.807, 2.05) is 0 Å². The first-order valence-corrected chi connectivity index (χ1v) is 7.38. The Morgan fingerprint density at radius 3 is 2.25 bits per heavy atom. The smallest absolute Gasteiger partial charge is 0.312 e. The molecule has 1 unspecified atom stereocenters. The molecule has 2 rings (SSSR count). The molecule has 0 aromatic heterocycles. The van der Waals surface area contributed by atoms with Crippen molar-refractivity contribution in [3.05, 3.63) is 0 Å². The number of hydrogen-bond acceptors (Lipinski definition) is 4. The Bertz CT molecular complexity index is 391. The highest BCUT2D eigenvalue weighted by molar-refractivity contribution is 6.35. The molecule has 0 aromatic rings. The molecule has 0 spiro atoms. The summed E-state index contributed by atoms with van der Waals surface area (Å²) in [5.41, 5.74) is 0. The fraction of sp³-hybridized carbons (Fsp3) is 0.786. The van der Waals surface area contributed by atoms with E-state index in [0.717, 1.165) is 25.7 Å². The lowest BCUT2D eigenvalue weighted by Crippen LogP contribution is -2.49. The lowest BCUT2D eigenvalue weighted by molar-refractivity contribution is -0.156. The van der Waals surface area contributed by atoms with Gasteiger partial charge in [0.05, 0.1) is 12.5 Å². The highest BCUT2D eigenvalue weighted by atomic mass is 16.5. The van der Waals surface area contributed by atoms with Gasteiger partial charge in [0.25, 0.3) is 0 Å². The van der Waals surface area contributed by atoms with Crippen LogP contribution in [0.15, 0.2) is 0 Å². The van der Waals surface area contributed by atoms with Gasteiger partial charge in [-0.25, -0.2) is 0 Å². The molecule has 6 heteroatoms. The van der Waals surface area contributed by atoms with Crippen LogP contribution in [0.3, 0.4) is 0 Å². The van der Waals surface area contributed by atoms with Crippen LogP contribution < -0.4 is 0 Å². The third-order valence-electron chi connectivity index (χ3n) is 3.90. The van der Waals surface area contributed by atoms with Crippen LogP contribution in [0, 0.1) is 5.92 Å². The average molecular weight is 282 g/mol. The largest absolute Gasteiger partial charge is 0.466 e. The molecule has 0 N–H and O–H groups in total. The number of piperidine rings is 1. The van der Waals surface area contributed by atoms with E-state index in [2.05, 4.69) is 0 Å². The molecule has 0 radical (unpaired) electrons. The Kier molecular flexibility index (Phi) is 4.98. The molecule has 2 aliphatic heterocycles. The van der Waals surface area contributed by atoms with Gasteiger partial charge in [-0.1, -0.05) is 0 Å². The van der Waals surface area contributed by atoms with E-state index >= 15 is 0 Å². The molecule has 0 aromatic carbocycles. The van der Waals surface area contributed by atoms with Gasteiger partial charge < -0.3 is 14.5 Å². The number of carbonyl (C=O) groups is 3. The summed E-state index contributed by atoms with van der Waals surface area (Å²) in [6.45, 7) is 4.29. The summed E-state index contributed by atoms with van der Waals surface area (Å²) < 4.78 is 5.00. The van der Waals surface area contributed by atoms with Gasteiger partial charge >= 0.3 is 17.8 Å². The normalized spacial score (nSPS) is 22.8. The summed E-state index contributed by atoms with van der Waals surface area (Å²) in [7, 11) is 0. The fourth-order valence-electron chi connectivity index (χ4n) is 2.80. The summed E-state index contributed by atoms with van der Waals surface area (Å²) in [6.07, 6.45) is 3.39. The van der Waals surface area contributed by atoms with Gasteiger partial charge in [0.15, 0.2) is 0 Å². The van der Waals surface area contributed by atoms with Gasteiger partial charge in [0.2, 0.25) is 0 Å². The molecule has 2 saturated heterocycles. The number of nitrogens with zero attached hydrogens (tertiary/aromatic N) is 2. The molecular formula is C14H22N2O4. The second-order valence-corrected chi connectivity index (χ2v) is 5.34. The van der Waals surface area contributed by atoms with Crippen molar-refractivity contribution in [3.8, 4) is 0 Å². The van der Waals surface area contributed by atoms with Crippen molar-refractivity contribution in [2.24, 2.45) is 5.92 Å². The molecule has 2 fully saturated rings. The summed E-state index contributed by atoms with van der Waals surface area (Å²) in [5, 5.41) is 0. The maximum absolute atomic E-state index is 12.2. The van der Waals surface area contributed by atoms with Crippen LogP contribution >= 0.6 is 0 Å². The number of esters is 1. The van der Waals surface area contributed by atoms with Crippen molar-refractivity contribution in [3.63, 3.8) is 0 Å². The number of rotatable bonds is 2. The van der Waals surface area contributed by atoms with Gasteiger partial charge in [-0.05, 0) is 32.6 Å². The SMILES string of the molecule is CCOC(=O)C1CCCN(C(=O)C(=O)N2CCCC2)C1. The number of hydrogen-bond donors (Lipinski definition) is 0. The van der Waals surface area contributed by atoms with Gasteiger partial charge in [0.1, 0.15) is 0 Å². The van der Waals surface area contributed by atoms with Crippen LogP contribution in [0.1, 0.15) is 32.6 Å². The predicted molar refractivity (Wildman–Crippen MR) is 71.8 cm³/mol. The van der Waals surface area contributed by atoms with Crippen molar-refractivity contribution >= 4 is 17.8 Å². The zero-order valence-electron chi connectivity index (χ0n) is 12.0. The highest BCUT2D eigenvalue weighted by Gasteiger charge is 2.34. The number of carbonyl (C=O) groups excluding carboxylic acids is 3. The number of ether oxygens (including phenoxy) is 1. The highest BCUT2D eigenvalue weighted by Crippen LogP contribution is 2.19. The zero-order valence-corrected chi connectivity index (χ0v) is 12.0. The molecule has 2 amide bonds. The topological polar surface area (TPSA) is 66.9 Å². The molecule has 112 valence electrons. The summed E-state index contributed by atoms with van der Waals surface area (Å²) >= 11 is 0. The zero-order chi connectivity index (χ0) is 14.5. The van der Waals surface area contributed by atoms with Crippen molar-refractivity contribution in [1.29, 1.82) is 0 Å². The van der Waals surface area contributed by atoms with Gasteiger partial charge in [-0.15, -0.1) is 0 Å². The van der Waals surface area contributed by atoms with E-state index in [0.29, 0.717) is 32.8 Å². The Labute approximate surface area is 119 Å². The summed E-state index contributed by atoms with van der Waals surface area (Å²) in [4.78, 5) is 39.1. The molecular weight excluding hydrogens is 260 g/mol. The third-order valence-corrected chi connectivity index (χ3v) is 3.90. The van der Waals surface area contributed by atoms with E-state index in [9.17, 15) is 14.4 Å². The van der Waals surface area contributed by atoms with E-state index in [1.165, 1.54) is 4.90 Å². The van der Waals surface area contributed by atoms with E-state index in [4.69, 9.17) is 4.74 Å². The Morgan fingerprint density at radius 1 is 1.00 bits per heavy atom. The van der Waals surface area contributed by atoms with Crippen LogP contribution in [0.4, 0.5) is 0 Å². The minimum Gasteiger partial charge on any atom is -0.466 e. The first-order chi connectivity index (χ1) is 9.63. The molecule has 2 aliphatic rings. The minimum absolute atomic E-state index is 0.265. The van der Waals surface area contributed by atoms with E-state index in [-0.39, 0.29) is 11.9 Å². The Hall–Kier alpha value is -1.59. The Morgan fingerprint density at radius 2 is 1.60 bits per heavy atom. The first-order valence-electron chi connectivity index (χ1n) is 7.38. The second-order valence-electron chi connectivity index (χ2n) is 5.34. The maximum Gasteiger partial charge on any atom is 0.312 e. The fourth-order valence-corrected chi connectivity index (χ4v) is 2.80. The molecule has 1 atom stereocenters. The lowest BCUT2D eigenvalue weighted by Gasteiger charge is -2.32. The van der Waals surface area contributed by atoms with Crippen molar-refractivity contribution < 1.29 is 19.1 Å². The molecule has 6 nitrogen and oxygen atoms in total. The lowest BCUT2D eigenvalue weighted by atomic mass is 9.98. The summed E-state index contributed by atoms with van der Waals surface area (Å²) in [6, 6.07) is 0. The van der Waals surface area contributed by atoms with Crippen molar-refractivity contribution in [1.82, 2.24) is 9.80 Å². The van der Waals surface area contributed by atoms with Gasteiger partial charge in [0, 0.05) is 26.2 Å². The quantitative estimate of drug-likeness (QED) is 0.543. The van der Waals surface area contributed by atoms with Gasteiger partial charge in [-0.2, -0.15) is 0 Å². The minimum atomic E-state index is -0.471. The average Bonchev–Trinajstić information content (AvgIpc) is 3.00. The standard InChI is InChI=1S/C14H22N2O4/c1-2-20-14(19)11-6-5-9-16(10-11)13(18)12(17)15-7-3-4-8-15/h11H,2-10H2,1H3. The predicted octanol–water partition coefficient (Wildman–Crippen LogP) is 0.410. The molecule has 0 aliphatic carbocycles. The number of amides is 2. The second kappa shape index (κ2) is 6.72. The molecule has 0 saturated carbocycles. The summed E-state index contributed by atoms with van der Waals surface area (Å²) in [5.74, 6) is -1.45. The van der Waals surface area contributed by atoms with E-state index in [1.54, 1.807) is 11.8 Å². The first kappa shape index (κ1) is 14.8. The van der Waals surface area contributed by atoms with Crippen molar-refractivity contribution in [2.75, 3.05) is 32.8 Å². The Balaban J connectivity index is 1.92. The molecule has 2 heterocycles. The van der Waals surface area contributed by atoms with Crippen LogP contribution in [-0.2, 0) is 19.1 Å². The number of likely N-dealkylation sites (tertiary alicyclic amines) is 2. The maximum atomic E-state index is 12.2. The monoisotopic (exact) mass is 282 g/mol. The van der Waals surface area contributed by atoms with Crippen LogP contribution in [-0.4, -0.2) is 60.4 Å². The van der Waals surface area contributed by atoms with Crippen molar-refractivity contribution in [2.45, 2.75) is 32.6 Å². The van der Waals surface area contributed by atoms with Crippen LogP contribution in [0.25, 0.3) is 0 Å².